The van der Waals surface area contributed by atoms with Crippen LogP contribution in [0.3, 0.4) is 0 Å². The molecular weight excluding hydrogens is 232 g/mol. The van der Waals surface area contributed by atoms with E-state index in [-0.39, 0.29) is 11.5 Å². The highest BCUT2D eigenvalue weighted by Crippen LogP contribution is 2.20. The molecule has 0 aromatic heterocycles. The number of benzene rings is 1. The second-order valence-electron chi connectivity index (χ2n) is 2.81. The fourth-order valence-electron chi connectivity index (χ4n) is 1.15. The van der Waals surface area contributed by atoms with Crippen LogP contribution in [0.15, 0.2) is 18.2 Å². The lowest BCUT2D eigenvalue weighted by Gasteiger charge is -2.04. The quantitative estimate of drug-likeness (QED) is 0.654. The molecule has 0 fully saturated rings. The molecule has 0 saturated heterocycles. The van der Waals surface area contributed by atoms with E-state index in [1.165, 1.54) is 0 Å². The van der Waals surface area contributed by atoms with Crippen LogP contribution in [0.25, 0.3) is 0 Å². The lowest BCUT2D eigenvalue weighted by molar-refractivity contribution is 0.0989. The van der Waals surface area contributed by atoms with Crippen LogP contribution in [0.2, 0.25) is 0 Å². The van der Waals surface area contributed by atoms with Crippen LogP contribution in [0.5, 0.6) is 5.75 Å². The van der Waals surface area contributed by atoms with Crippen LogP contribution in [0.4, 0.5) is 0 Å². The van der Waals surface area contributed by atoms with Gasteiger partial charge in [0.15, 0.2) is 5.78 Å². The van der Waals surface area contributed by atoms with Crippen molar-refractivity contribution in [2.75, 3.05) is 5.33 Å². The Kier molecular flexibility index (Phi) is 3.48. The van der Waals surface area contributed by atoms with Gasteiger partial charge in [-0.3, -0.25) is 4.79 Å². The van der Waals surface area contributed by atoms with Crippen molar-refractivity contribution in [3.8, 4) is 5.75 Å². The number of phenolic OH excluding ortho intramolecular Hbond substituents is 1. The summed E-state index contributed by atoms with van der Waals surface area (Å²) in [6.45, 7) is 1.75. The van der Waals surface area contributed by atoms with Gasteiger partial charge in [-0.05, 0) is 13.0 Å². The van der Waals surface area contributed by atoms with E-state index in [9.17, 15) is 9.90 Å². The molecule has 0 radical (unpaired) electrons. The fraction of sp³-hybridized carbons (Fsp3) is 0.300. The zero-order valence-electron chi connectivity index (χ0n) is 7.38. The molecule has 70 valence electrons. The van der Waals surface area contributed by atoms with Gasteiger partial charge < -0.3 is 5.11 Å². The van der Waals surface area contributed by atoms with Crippen molar-refractivity contribution < 1.29 is 9.90 Å². The van der Waals surface area contributed by atoms with Crippen molar-refractivity contribution in [1.29, 1.82) is 0 Å². The maximum atomic E-state index is 11.5. The first-order chi connectivity index (χ1) is 6.16. The normalized spacial score (nSPS) is 10.0. The first-order valence-electron chi connectivity index (χ1n) is 4.04. The maximum absolute atomic E-state index is 11.5. The Bertz CT molecular complexity index is 321. The minimum absolute atomic E-state index is 0.0604. The Morgan fingerprint density at radius 1 is 1.54 bits per heavy atom. The topological polar surface area (TPSA) is 37.3 Å². The van der Waals surface area contributed by atoms with Gasteiger partial charge in [-0.15, -0.1) is 0 Å². The molecule has 0 atom stereocenters. The van der Waals surface area contributed by atoms with Crippen molar-refractivity contribution in [3.05, 3.63) is 29.3 Å². The highest BCUT2D eigenvalue weighted by Gasteiger charge is 2.09. The number of Topliss-reactive ketones (excluding diaryl/α,β-unsaturated/α-hetero) is 1. The summed E-state index contributed by atoms with van der Waals surface area (Å²) in [7, 11) is 0. The van der Waals surface area contributed by atoms with Gasteiger partial charge in [0.25, 0.3) is 0 Å². The van der Waals surface area contributed by atoms with Crippen molar-refractivity contribution in [2.45, 2.75) is 13.3 Å². The first-order valence-corrected chi connectivity index (χ1v) is 5.16. The van der Waals surface area contributed by atoms with Gasteiger partial charge >= 0.3 is 0 Å². The van der Waals surface area contributed by atoms with E-state index in [2.05, 4.69) is 15.9 Å². The highest BCUT2D eigenvalue weighted by atomic mass is 79.9. The highest BCUT2D eigenvalue weighted by molar-refractivity contribution is 9.09. The van der Waals surface area contributed by atoms with Crippen LogP contribution in [0.1, 0.15) is 22.3 Å². The summed E-state index contributed by atoms with van der Waals surface area (Å²) in [6.07, 6.45) is 0.463. The Labute approximate surface area is 85.7 Å². The molecule has 0 spiro atoms. The monoisotopic (exact) mass is 242 g/mol. The van der Waals surface area contributed by atoms with E-state index in [1.54, 1.807) is 25.1 Å². The summed E-state index contributed by atoms with van der Waals surface area (Å²) < 4.78 is 0. The van der Waals surface area contributed by atoms with Crippen molar-refractivity contribution in [1.82, 2.24) is 0 Å². The number of carbonyl (C=O) groups is 1. The molecule has 0 aliphatic heterocycles. The van der Waals surface area contributed by atoms with E-state index in [1.807, 2.05) is 0 Å². The molecule has 1 aromatic rings. The van der Waals surface area contributed by atoms with Crippen molar-refractivity contribution in [2.24, 2.45) is 0 Å². The zero-order valence-corrected chi connectivity index (χ0v) is 8.97. The molecule has 3 heteroatoms. The summed E-state index contributed by atoms with van der Waals surface area (Å²) in [5, 5.41) is 10.0. The van der Waals surface area contributed by atoms with Crippen LogP contribution >= 0.6 is 15.9 Å². The van der Waals surface area contributed by atoms with Gasteiger partial charge in [-0.1, -0.05) is 28.1 Å². The second-order valence-corrected chi connectivity index (χ2v) is 3.60. The number of halogens is 1. The van der Waals surface area contributed by atoms with E-state index in [0.717, 1.165) is 0 Å². The minimum atomic E-state index is 0.0604. The standard InChI is InChI=1S/C10H11BrO2/c1-7-8(10(13)5-6-11)3-2-4-9(7)12/h2-4,12H,5-6H2,1H3. The lowest BCUT2D eigenvalue weighted by atomic mass is 10.0. The van der Waals surface area contributed by atoms with E-state index in [4.69, 9.17) is 0 Å². The summed E-state index contributed by atoms with van der Waals surface area (Å²) in [5.41, 5.74) is 1.27. The molecule has 2 nitrogen and oxygen atoms in total. The van der Waals surface area contributed by atoms with Crippen LogP contribution in [-0.2, 0) is 0 Å². The third kappa shape index (κ3) is 2.31. The third-order valence-electron chi connectivity index (χ3n) is 1.93. The number of carbonyl (C=O) groups excluding carboxylic acids is 1. The van der Waals surface area contributed by atoms with E-state index < -0.39 is 0 Å². The number of hydrogen-bond donors (Lipinski definition) is 1. The number of phenols is 1. The molecule has 0 unspecified atom stereocenters. The average Bonchev–Trinajstić information content (AvgIpc) is 2.10. The molecule has 1 N–H and O–H groups in total. The molecule has 0 saturated carbocycles. The lowest BCUT2D eigenvalue weighted by Crippen LogP contribution is -2.01. The van der Waals surface area contributed by atoms with Crippen LogP contribution < -0.4 is 0 Å². The number of hydrogen-bond acceptors (Lipinski definition) is 2. The van der Waals surface area contributed by atoms with Gasteiger partial charge in [0.2, 0.25) is 0 Å². The minimum Gasteiger partial charge on any atom is -0.508 e. The predicted molar refractivity (Wildman–Crippen MR) is 55.6 cm³/mol. The Balaban J connectivity index is 3.01. The molecule has 0 amide bonds. The van der Waals surface area contributed by atoms with Crippen molar-refractivity contribution >= 4 is 21.7 Å². The predicted octanol–water partition coefficient (Wildman–Crippen LogP) is 2.67. The summed E-state index contributed by atoms with van der Waals surface area (Å²) in [4.78, 5) is 11.5. The molecule has 1 aromatic carbocycles. The van der Waals surface area contributed by atoms with Gasteiger partial charge in [-0.25, -0.2) is 0 Å². The van der Waals surface area contributed by atoms with Gasteiger partial charge in [-0.2, -0.15) is 0 Å². The Hall–Kier alpha value is -0.830. The Morgan fingerprint density at radius 2 is 2.23 bits per heavy atom. The van der Waals surface area contributed by atoms with Gasteiger partial charge in [0, 0.05) is 22.9 Å². The molecule has 0 heterocycles. The maximum Gasteiger partial charge on any atom is 0.164 e. The molecule has 0 bridgehead atoms. The average molecular weight is 243 g/mol. The van der Waals surface area contributed by atoms with Gasteiger partial charge in [0.1, 0.15) is 5.75 Å². The SMILES string of the molecule is Cc1c(O)cccc1C(=O)CCBr. The van der Waals surface area contributed by atoms with Crippen LogP contribution in [-0.4, -0.2) is 16.2 Å². The molecule has 0 aliphatic carbocycles. The number of rotatable bonds is 3. The molecular formula is C10H11BrO2. The zero-order chi connectivity index (χ0) is 9.84. The summed E-state index contributed by atoms with van der Waals surface area (Å²) in [6, 6.07) is 5.00. The number of alkyl halides is 1. The number of ketones is 1. The fourth-order valence-corrected chi connectivity index (χ4v) is 1.51. The first kappa shape index (κ1) is 10.3. The molecule has 0 aliphatic rings. The number of aromatic hydroxyl groups is 1. The van der Waals surface area contributed by atoms with E-state index in [0.29, 0.717) is 22.9 Å². The molecule has 1 rings (SSSR count). The van der Waals surface area contributed by atoms with Gasteiger partial charge in [0.05, 0.1) is 0 Å². The third-order valence-corrected chi connectivity index (χ3v) is 2.32. The smallest absolute Gasteiger partial charge is 0.164 e. The second kappa shape index (κ2) is 4.42. The summed E-state index contributed by atoms with van der Waals surface area (Å²) in [5.74, 6) is 0.241. The summed E-state index contributed by atoms with van der Waals surface area (Å²) >= 11 is 3.21. The van der Waals surface area contributed by atoms with Crippen molar-refractivity contribution in [3.63, 3.8) is 0 Å². The molecule has 13 heavy (non-hydrogen) atoms. The van der Waals surface area contributed by atoms with Crippen LogP contribution in [0, 0.1) is 6.92 Å². The van der Waals surface area contributed by atoms with E-state index >= 15 is 0 Å². The largest absolute Gasteiger partial charge is 0.508 e. The Morgan fingerprint density at radius 3 is 2.85 bits per heavy atom.